The third-order valence-electron chi connectivity index (χ3n) is 2.72. The highest BCUT2D eigenvalue weighted by Gasteiger charge is 2.23. The molecule has 0 saturated heterocycles. The molecule has 0 aliphatic heterocycles. The molecule has 0 heterocycles. The molecule has 14 heavy (non-hydrogen) atoms. The van der Waals surface area contributed by atoms with Crippen LogP contribution < -0.4 is 11.3 Å². The Morgan fingerprint density at radius 2 is 2.07 bits per heavy atom. The van der Waals surface area contributed by atoms with Crippen LogP contribution in [-0.2, 0) is 11.2 Å². The standard InChI is InChI=1S/C11H14N2O/c12-13-11-9-6-2-1-4-8(9)5-3-7-10(11)14/h1-2,4,6,11,13H,3,5,7,12H2. The molecule has 74 valence electrons. The van der Waals surface area contributed by atoms with Crippen molar-refractivity contribution in [2.24, 2.45) is 5.84 Å². The summed E-state index contributed by atoms with van der Waals surface area (Å²) in [6, 6.07) is 7.68. The van der Waals surface area contributed by atoms with Gasteiger partial charge in [0.1, 0.15) is 6.04 Å². The first-order valence-electron chi connectivity index (χ1n) is 4.89. The quantitative estimate of drug-likeness (QED) is 0.396. The number of Topliss-reactive ketones (excluding diaryl/α,β-unsaturated/α-hetero) is 1. The second-order valence-electron chi connectivity index (χ2n) is 3.62. The van der Waals surface area contributed by atoms with Gasteiger partial charge in [-0.3, -0.25) is 10.6 Å². The largest absolute Gasteiger partial charge is 0.297 e. The zero-order chi connectivity index (χ0) is 9.97. The van der Waals surface area contributed by atoms with E-state index in [9.17, 15) is 4.79 Å². The third-order valence-corrected chi connectivity index (χ3v) is 2.72. The Hall–Kier alpha value is -1.19. The van der Waals surface area contributed by atoms with Gasteiger partial charge in [-0.2, -0.15) is 0 Å². The van der Waals surface area contributed by atoms with Gasteiger partial charge in [-0.05, 0) is 24.0 Å². The van der Waals surface area contributed by atoms with Crippen LogP contribution in [0, 0.1) is 0 Å². The number of hydrogen-bond acceptors (Lipinski definition) is 3. The van der Waals surface area contributed by atoms with Crippen molar-refractivity contribution in [1.29, 1.82) is 0 Å². The number of hydrogen-bond donors (Lipinski definition) is 2. The minimum absolute atomic E-state index is 0.192. The van der Waals surface area contributed by atoms with Crippen molar-refractivity contribution in [2.45, 2.75) is 25.3 Å². The molecule has 1 unspecified atom stereocenters. The van der Waals surface area contributed by atoms with Crippen molar-refractivity contribution in [2.75, 3.05) is 0 Å². The van der Waals surface area contributed by atoms with Crippen molar-refractivity contribution in [3.8, 4) is 0 Å². The summed E-state index contributed by atoms with van der Waals surface area (Å²) in [7, 11) is 0. The van der Waals surface area contributed by atoms with E-state index >= 15 is 0 Å². The Morgan fingerprint density at radius 1 is 1.29 bits per heavy atom. The Morgan fingerprint density at radius 3 is 2.86 bits per heavy atom. The Balaban J connectivity index is 2.44. The lowest BCUT2D eigenvalue weighted by molar-refractivity contribution is -0.121. The number of carbonyl (C=O) groups is 1. The summed E-state index contributed by atoms with van der Waals surface area (Å²) in [6.07, 6.45) is 2.51. The number of aryl methyl sites for hydroxylation is 1. The summed E-state index contributed by atoms with van der Waals surface area (Å²) < 4.78 is 0. The second kappa shape index (κ2) is 3.90. The minimum atomic E-state index is -0.311. The predicted molar refractivity (Wildman–Crippen MR) is 54.5 cm³/mol. The van der Waals surface area contributed by atoms with Gasteiger partial charge in [-0.1, -0.05) is 24.3 Å². The molecule has 1 aromatic carbocycles. The van der Waals surface area contributed by atoms with Gasteiger partial charge in [0.25, 0.3) is 0 Å². The normalized spacial score (nSPS) is 21.5. The molecule has 0 saturated carbocycles. The Labute approximate surface area is 83.3 Å². The van der Waals surface area contributed by atoms with Crippen LogP contribution in [0.5, 0.6) is 0 Å². The van der Waals surface area contributed by atoms with E-state index in [1.165, 1.54) is 5.56 Å². The van der Waals surface area contributed by atoms with E-state index in [0.29, 0.717) is 6.42 Å². The summed E-state index contributed by atoms with van der Waals surface area (Å²) in [5, 5.41) is 0. The van der Waals surface area contributed by atoms with Crippen molar-refractivity contribution >= 4 is 5.78 Å². The van der Waals surface area contributed by atoms with Crippen LogP contribution in [0.25, 0.3) is 0 Å². The molecule has 3 heteroatoms. The van der Waals surface area contributed by atoms with Crippen molar-refractivity contribution in [3.05, 3.63) is 35.4 Å². The number of nitrogens with one attached hydrogen (secondary N) is 1. The van der Waals surface area contributed by atoms with E-state index in [4.69, 9.17) is 5.84 Å². The molecule has 2 rings (SSSR count). The molecule has 3 N–H and O–H groups in total. The van der Waals surface area contributed by atoms with E-state index in [1.807, 2.05) is 18.2 Å². The van der Waals surface area contributed by atoms with Crippen LogP contribution in [0.15, 0.2) is 24.3 Å². The molecule has 0 radical (unpaired) electrons. The third kappa shape index (κ3) is 1.56. The lowest BCUT2D eigenvalue weighted by Gasteiger charge is -2.14. The van der Waals surface area contributed by atoms with Crippen LogP contribution in [-0.4, -0.2) is 5.78 Å². The van der Waals surface area contributed by atoms with Gasteiger partial charge < -0.3 is 0 Å². The van der Waals surface area contributed by atoms with Crippen LogP contribution >= 0.6 is 0 Å². The van der Waals surface area contributed by atoms with Gasteiger partial charge in [-0.25, -0.2) is 5.43 Å². The fourth-order valence-electron chi connectivity index (χ4n) is 2.00. The van der Waals surface area contributed by atoms with Gasteiger partial charge in [0.15, 0.2) is 5.78 Å². The van der Waals surface area contributed by atoms with Crippen molar-refractivity contribution < 1.29 is 4.79 Å². The summed E-state index contributed by atoms with van der Waals surface area (Å²) in [5.41, 5.74) is 4.88. The molecule has 1 aromatic rings. The van der Waals surface area contributed by atoms with Gasteiger partial charge in [0.05, 0.1) is 0 Å². The smallest absolute Gasteiger partial charge is 0.155 e. The molecule has 0 fully saturated rings. The number of nitrogens with two attached hydrogens (primary N) is 1. The van der Waals surface area contributed by atoms with E-state index in [-0.39, 0.29) is 11.8 Å². The van der Waals surface area contributed by atoms with Gasteiger partial charge >= 0.3 is 0 Å². The first-order valence-corrected chi connectivity index (χ1v) is 4.89. The fraction of sp³-hybridized carbons (Fsp3) is 0.364. The summed E-state index contributed by atoms with van der Waals surface area (Å²) >= 11 is 0. The number of rotatable bonds is 1. The van der Waals surface area contributed by atoms with Crippen LogP contribution in [0.2, 0.25) is 0 Å². The molecule has 1 aliphatic carbocycles. The van der Waals surface area contributed by atoms with Gasteiger partial charge in [0.2, 0.25) is 0 Å². The Bertz CT molecular complexity index is 349. The second-order valence-corrected chi connectivity index (χ2v) is 3.62. The predicted octanol–water partition coefficient (Wildman–Crippen LogP) is 1.10. The average molecular weight is 190 g/mol. The maximum Gasteiger partial charge on any atom is 0.155 e. The SMILES string of the molecule is NNC1C(=O)CCCc2ccccc21. The van der Waals surface area contributed by atoms with Crippen LogP contribution in [0.3, 0.4) is 0 Å². The highest BCUT2D eigenvalue weighted by Crippen LogP contribution is 2.25. The summed E-state index contributed by atoms with van der Waals surface area (Å²) in [4.78, 5) is 11.7. The summed E-state index contributed by atoms with van der Waals surface area (Å²) in [6.45, 7) is 0. The van der Waals surface area contributed by atoms with Gasteiger partial charge in [-0.15, -0.1) is 0 Å². The highest BCUT2D eigenvalue weighted by molar-refractivity contribution is 5.86. The number of carbonyl (C=O) groups excluding carboxylic acids is 1. The molecule has 0 bridgehead atoms. The molecule has 0 amide bonds. The monoisotopic (exact) mass is 190 g/mol. The number of fused-ring (bicyclic) bond motifs is 1. The van der Waals surface area contributed by atoms with Crippen molar-refractivity contribution in [3.63, 3.8) is 0 Å². The van der Waals surface area contributed by atoms with E-state index < -0.39 is 0 Å². The molecule has 3 nitrogen and oxygen atoms in total. The maximum atomic E-state index is 11.7. The molecule has 1 atom stereocenters. The molecule has 0 aromatic heterocycles. The lowest BCUT2D eigenvalue weighted by atomic mass is 9.99. The zero-order valence-corrected chi connectivity index (χ0v) is 7.99. The van der Waals surface area contributed by atoms with E-state index in [2.05, 4.69) is 11.5 Å². The van der Waals surface area contributed by atoms with E-state index in [1.54, 1.807) is 0 Å². The Kier molecular flexibility index (Phi) is 2.61. The fourth-order valence-corrected chi connectivity index (χ4v) is 2.00. The van der Waals surface area contributed by atoms with Crippen molar-refractivity contribution in [1.82, 2.24) is 5.43 Å². The topological polar surface area (TPSA) is 55.1 Å². The average Bonchev–Trinajstić information content (AvgIpc) is 2.36. The molecule has 0 spiro atoms. The molecular formula is C11H14N2O. The molecule has 1 aliphatic rings. The van der Waals surface area contributed by atoms with Gasteiger partial charge in [0, 0.05) is 6.42 Å². The first kappa shape index (κ1) is 9.37. The first-order chi connectivity index (χ1) is 6.83. The van der Waals surface area contributed by atoms with Crippen LogP contribution in [0.4, 0.5) is 0 Å². The zero-order valence-electron chi connectivity index (χ0n) is 7.99. The number of ketones is 1. The molecular weight excluding hydrogens is 176 g/mol. The summed E-state index contributed by atoms with van der Waals surface area (Å²) in [5.74, 6) is 5.60. The minimum Gasteiger partial charge on any atom is -0.297 e. The number of benzene rings is 1. The maximum absolute atomic E-state index is 11.7. The van der Waals surface area contributed by atoms with Crippen LogP contribution in [0.1, 0.15) is 30.0 Å². The number of hydrazine groups is 1. The highest BCUT2D eigenvalue weighted by atomic mass is 16.1. The lowest BCUT2D eigenvalue weighted by Crippen LogP contribution is -2.33. The van der Waals surface area contributed by atoms with E-state index in [0.717, 1.165) is 18.4 Å².